The lowest BCUT2D eigenvalue weighted by atomic mass is 10.2. The summed E-state index contributed by atoms with van der Waals surface area (Å²) in [5.74, 6) is 0.782. The topological polar surface area (TPSA) is 69.0 Å². The van der Waals surface area contributed by atoms with Gasteiger partial charge in [0.05, 0.1) is 12.4 Å². The van der Waals surface area contributed by atoms with Crippen LogP contribution in [0.5, 0.6) is 5.75 Å². The molecule has 0 unspecified atom stereocenters. The number of thioether (sulfide) groups is 1. The third-order valence-corrected chi connectivity index (χ3v) is 4.29. The average molecular weight is 320 g/mol. The molecule has 0 aliphatic heterocycles. The van der Waals surface area contributed by atoms with E-state index in [9.17, 15) is 4.79 Å². The molecular weight excluding hydrogens is 300 g/mol. The van der Waals surface area contributed by atoms with Crippen LogP contribution >= 0.6 is 11.8 Å². The summed E-state index contributed by atoms with van der Waals surface area (Å²) < 4.78 is 7.02. The second-order valence-electron chi connectivity index (χ2n) is 4.73. The quantitative estimate of drug-likeness (QED) is 0.791. The van der Waals surface area contributed by atoms with E-state index in [2.05, 4.69) is 15.5 Å². The average Bonchev–Trinajstić information content (AvgIpc) is 3.00. The molecule has 1 aromatic carbocycles. The molecule has 2 rings (SSSR count). The second-order valence-corrected chi connectivity index (χ2v) is 6.03. The molecule has 7 heteroatoms. The number of ether oxygens (including phenoxy) is 1. The monoisotopic (exact) mass is 320 g/mol. The molecular formula is C15H20N4O2S. The first-order valence-corrected chi connectivity index (χ1v) is 7.97. The van der Waals surface area contributed by atoms with Gasteiger partial charge in [-0.1, -0.05) is 23.9 Å². The van der Waals surface area contributed by atoms with Crippen molar-refractivity contribution in [2.24, 2.45) is 0 Å². The lowest BCUT2D eigenvalue weighted by Gasteiger charge is -2.12. The van der Waals surface area contributed by atoms with E-state index >= 15 is 0 Å². The Labute approximate surface area is 134 Å². The highest BCUT2D eigenvalue weighted by Gasteiger charge is 2.17. The minimum Gasteiger partial charge on any atom is -0.497 e. The van der Waals surface area contributed by atoms with Crippen LogP contribution in [0.25, 0.3) is 0 Å². The van der Waals surface area contributed by atoms with Gasteiger partial charge in [0.15, 0.2) is 5.16 Å². The van der Waals surface area contributed by atoms with E-state index < -0.39 is 0 Å². The minimum absolute atomic E-state index is 0.0218. The van der Waals surface area contributed by atoms with Crippen LogP contribution in [0, 0.1) is 0 Å². The van der Waals surface area contributed by atoms with Crippen LogP contribution in [0.3, 0.4) is 0 Å². The zero-order chi connectivity index (χ0) is 15.9. The zero-order valence-electron chi connectivity index (χ0n) is 12.9. The smallest absolute Gasteiger partial charge is 0.233 e. The Hall–Kier alpha value is -2.02. The van der Waals surface area contributed by atoms with Gasteiger partial charge in [-0.3, -0.25) is 4.79 Å². The Kier molecular flexibility index (Phi) is 5.83. The first-order valence-electron chi connectivity index (χ1n) is 7.09. The maximum atomic E-state index is 12.2. The molecule has 0 radical (unpaired) electrons. The van der Waals surface area contributed by atoms with Gasteiger partial charge < -0.3 is 14.6 Å². The number of benzene rings is 1. The third-order valence-electron chi connectivity index (χ3n) is 3.20. The zero-order valence-corrected chi connectivity index (χ0v) is 13.8. The van der Waals surface area contributed by atoms with Gasteiger partial charge in [0.1, 0.15) is 12.1 Å². The normalized spacial score (nSPS) is 12.0. The number of methoxy groups -OCH3 is 1. The van der Waals surface area contributed by atoms with Crippen LogP contribution in [0.1, 0.15) is 19.4 Å². The van der Waals surface area contributed by atoms with E-state index in [0.717, 1.165) is 23.0 Å². The van der Waals surface area contributed by atoms with Gasteiger partial charge in [0.2, 0.25) is 5.91 Å². The summed E-state index contributed by atoms with van der Waals surface area (Å²) in [5, 5.41) is 11.4. The van der Waals surface area contributed by atoms with E-state index in [4.69, 9.17) is 4.74 Å². The summed E-state index contributed by atoms with van der Waals surface area (Å²) in [6.45, 7) is 5.16. The van der Waals surface area contributed by atoms with Crippen molar-refractivity contribution in [3.63, 3.8) is 0 Å². The Morgan fingerprint density at radius 3 is 2.77 bits per heavy atom. The van der Waals surface area contributed by atoms with Crippen LogP contribution in [0.15, 0.2) is 35.7 Å². The second kappa shape index (κ2) is 7.84. The molecule has 118 valence electrons. The summed E-state index contributed by atoms with van der Waals surface area (Å²) in [7, 11) is 1.63. The first kappa shape index (κ1) is 16.4. The van der Waals surface area contributed by atoms with Crippen molar-refractivity contribution in [3.8, 4) is 5.75 Å². The summed E-state index contributed by atoms with van der Waals surface area (Å²) in [6, 6.07) is 7.63. The fourth-order valence-corrected chi connectivity index (χ4v) is 2.75. The van der Waals surface area contributed by atoms with Gasteiger partial charge in [-0.05, 0) is 31.5 Å². The van der Waals surface area contributed by atoms with Gasteiger partial charge in [0, 0.05) is 13.1 Å². The summed E-state index contributed by atoms with van der Waals surface area (Å²) in [6.07, 6.45) is 1.67. The molecule has 1 heterocycles. The van der Waals surface area contributed by atoms with Gasteiger partial charge >= 0.3 is 0 Å². The molecule has 1 aromatic heterocycles. The van der Waals surface area contributed by atoms with Gasteiger partial charge in [-0.2, -0.15) is 0 Å². The lowest BCUT2D eigenvalue weighted by molar-refractivity contribution is -0.120. The van der Waals surface area contributed by atoms with Crippen molar-refractivity contribution in [3.05, 3.63) is 36.2 Å². The third kappa shape index (κ3) is 4.24. The summed E-state index contributed by atoms with van der Waals surface area (Å²) in [4.78, 5) is 12.2. The number of rotatable bonds is 7. The van der Waals surface area contributed by atoms with Crippen LogP contribution < -0.4 is 10.1 Å². The Bertz CT molecular complexity index is 612. The molecule has 1 N–H and O–H groups in total. The highest BCUT2D eigenvalue weighted by molar-refractivity contribution is 8.00. The molecule has 0 spiro atoms. The standard InChI is InChI=1S/C15H20N4O2S/c1-4-19-10-17-18-15(19)22-11(2)14(20)16-9-12-5-7-13(21-3)8-6-12/h5-8,10-11H,4,9H2,1-3H3,(H,16,20)/t11-/m1/s1. The van der Waals surface area contributed by atoms with Crippen molar-refractivity contribution in [1.29, 1.82) is 0 Å². The van der Waals surface area contributed by atoms with Crippen molar-refractivity contribution in [2.45, 2.75) is 37.3 Å². The number of nitrogens with zero attached hydrogens (tertiary/aromatic N) is 3. The van der Waals surface area contributed by atoms with Crippen LogP contribution in [0.4, 0.5) is 0 Å². The molecule has 0 aliphatic rings. The molecule has 0 saturated heterocycles. The Balaban J connectivity index is 1.85. The molecule has 1 atom stereocenters. The predicted octanol–water partition coefficient (Wildman–Crippen LogP) is 2.10. The highest BCUT2D eigenvalue weighted by Crippen LogP contribution is 2.21. The Morgan fingerprint density at radius 2 is 2.14 bits per heavy atom. The van der Waals surface area contributed by atoms with E-state index in [1.54, 1.807) is 13.4 Å². The molecule has 6 nitrogen and oxygen atoms in total. The van der Waals surface area contributed by atoms with Crippen LogP contribution in [0.2, 0.25) is 0 Å². The fraction of sp³-hybridized carbons (Fsp3) is 0.400. The minimum atomic E-state index is -0.229. The molecule has 1 amide bonds. The van der Waals surface area contributed by atoms with E-state index in [1.807, 2.05) is 42.7 Å². The molecule has 0 saturated carbocycles. The van der Waals surface area contributed by atoms with Gasteiger partial charge in [0.25, 0.3) is 0 Å². The van der Waals surface area contributed by atoms with E-state index in [1.165, 1.54) is 11.8 Å². The van der Waals surface area contributed by atoms with Crippen molar-refractivity contribution >= 4 is 17.7 Å². The fourth-order valence-electron chi connectivity index (χ4n) is 1.84. The summed E-state index contributed by atoms with van der Waals surface area (Å²) in [5.41, 5.74) is 1.03. The number of carbonyl (C=O) groups is 1. The maximum Gasteiger partial charge on any atom is 0.233 e. The predicted molar refractivity (Wildman–Crippen MR) is 85.9 cm³/mol. The van der Waals surface area contributed by atoms with Gasteiger partial charge in [-0.15, -0.1) is 10.2 Å². The van der Waals surface area contributed by atoms with Crippen LogP contribution in [-0.2, 0) is 17.9 Å². The number of aromatic nitrogens is 3. The van der Waals surface area contributed by atoms with Crippen molar-refractivity contribution < 1.29 is 9.53 Å². The summed E-state index contributed by atoms with van der Waals surface area (Å²) >= 11 is 1.41. The van der Waals surface area contributed by atoms with Gasteiger partial charge in [-0.25, -0.2) is 0 Å². The molecule has 2 aromatic rings. The van der Waals surface area contributed by atoms with E-state index in [-0.39, 0.29) is 11.2 Å². The molecule has 22 heavy (non-hydrogen) atoms. The number of hydrogen-bond acceptors (Lipinski definition) is 5. The number of nitrogens with one attached hydrogen (secondary N) is 1. The van der Waals surface area contributed by atoms with Crippen molar-refractivity contribution in [2.75, 3.05) is 7.11 Å². The van der Waals surface area contributed by atoms with Crippen molar-refractivity contribution in [1.82, 2.24) is 20.1 Å². The SMILES string of the molecule is CCn1cnnc1S[C@H](C)C(=O)NCc1ccc(OC)cc1. The number of hydrogen-bond donors (Lipinski definition) is 1. The first-order chi connectivity index (χ1) is 10.6. The van der Waals surface area contributed by atoms with E-state index in [0.29, 0.717) is 6.54 Å². The van der Waals surface area contributed by atoms with Crippen LogP contribution in [-0.4, -0.2) is 33.0 Å². The number of aryl methyl sites for hydroxylation is 1. The number of amides is 1. The highest BCUT2D eigenvalue weighted by atomic mass is 32.2. The largest absolute Gasteiger partial charge is 0.497 e. The lowest BCUT2D eigenvalue weighted by Crippen LogP contribution is -2.30. The Morgan fingerprint density at radius 1 is 1.41 bits per heavy atom. The maximum absolute atomic E-state index is 12.2. The molecule has 0 aliphatic carbocycles. The molecule has 0 fully saturated rings. The number of carbonyl (C=O) groups excluding carboxylic acids is 1. The molecule has 0 bridgehead atoms.